The molecule has 4 nitrogen and oxygen atoms in total. The van der Waals surface area contributed by atoms with Crippen LogP contribution in [0.4, 0.5) is 18.9 Å². The van der Waals surface area contributed by atoms with E-state index in [1.54, 1.807) is 0 Å². The maximum atomic E-state index is 13.4. The summed E-state index contributed by atoms with van der Waals surface area (Å²) in [5.41, 5.74) is -0.250. The number of aliphatic hydroxyl groups is 1. The van der Waals surface area contributed by atoms with Gasteiger partial charge in [0, 0.05) is 17.7 Å². The molecule has 118 valence electrons. The van der Waals surface area contributed by atoms with Gasteiger partial charge in [-0.05, 0) is 36.4 Å². The molecule has 0 bridgehead atoms. The van der Waals surface area contributed by atoms with Crippen molar-refractivity contribution >= 4 is 23.1 Å². The molecule has 1 amide bonds. The van der Waals surface area contributed by atoms with Gasteiger partial charge >= 0.3 is 0 Å². The van der Waals surface area contributed by atoms with E-state index >= 15 is 0 Å². The average Bonchev–Trinajstić information content (AvgIpc) is 2.50. The van der Waals surface area contributed by atoms with Crippen LogP contribution in [-0.2, 0) is 9.59 Å². The van der Waals surface area contributed by atoms with Crippen LogP contribution in [0.3, 0.4) is 0 Å². The van der Waals surface area contributed by atoms with Gasteiger partial charge in [0.05, 0.1) is 5.69 Å². The quantitative estimate of drug-likeness (QED) is 0.516. The van der Waals surface area contributed by atoms with Crippen LogP contribution >= 0.6 is 0 Å². The molecular formula is C16H10F3NO3. The van der Waals surface area contributed by atoms with Crippen molar-refractivity contribution in [3.05, 3.63) is 71.6 Å². The van der Waals surface area contributed by atoms with Crippen molar-refractivity contribution in [2.75, 3.05) is 5.32 Å². The predicted octanol–water partition coefficient (Wildman–Crippen LogP) is 3.21. The molecule has 7 heteroatoms. The Balaban J connectivity index is 2.11. The molecule has 0 aromatic heterocycles. The van der Waals surface area contributed by atoms with Crippen molar-refractivity contribution in [3.63, 3.8) is 0 Å². The Hall–Kier alpha value is -3.09. The molecular weight excluding hydrogens is 311 g/mol. The Morgan fingerprint density at radius 2 is 1.57 bits per heavy atom. The first kappa shape index (κ1) is 16.3. The number of rotatable bonds is 4. The zero-order chi connectivity index (χ0) is 17.0. The molecule has 0 fully saturated rings. The largest absolute Gasteiger partial charge is 0.507 e. The number of nitrogens with one attached hydrogen (secondary N) is 1. The molecule has 0 aliphatic rings. The van der Waals surface area contributed by atoms with Gasteiger partial charge in [0.1, 0.15) is 23.2 Å². The van der Waals surface area contributed by atoms with E-state index < -0.39 is 34.9 Å². The smallest absolute Gasteiger partial charge is 0.296 e. The van der Waals surface area contributed by atoms with E-state index in [2.05, 4.69) is 0 Å². The summed E-state index contributed by atoms with van der Waals surface area (Å²) < 4.78 is 38.9. The summed E-state index contributed by atoms with van der Waals surface area (Å²) >= 11 is 0. The lowest BCUT2D eigenvalue weighted by molar-refractivity contribution is -0.132. The number of anilines is 1. The summed E-state index contributed by atoms with van der Waals surface area (Å²) in [6.07, 6.45) is 0.615. The summed E-state index contributed by atoms with van der Waals surface area (Å²) in [5.74, 6) is -5.33. The number of halogens is 3. The normalized spacial score (nSPS) is 11.2. The van der Waals surface area contributed by atoms with Crippen LogP contribution < -0.4 is 5.32 Å². The Morgan fingerprint density at radius 3 is 2.17 bits per heavy atom. The molecule has 2 aromatic rings. The van der Waals surface area contributed by atoms with E-state index in [1.165, 1.54) is 12.1 Å². The minimum atomic E-state index is -1.22. The van der Waals surface area contributed by atoms with E-state index in [0.717, 1.165) is 24.3 Å². The van der Waals surface area contributed by atoms with Gasteiger partial charge < -0.3 is 10.4 Å². The van der Waals surface area contributed by atoms with Crippen LogP contribution in [0.25, 0.3) is 5.76 Å². The van der Waals surface area contributed by atoms with Crippen LogP contribution in [0.5, 0.6) is 0 Å². The summed E-state index contributed by atoms with van der Waals surface area (Å²) in [5, 5.41) is 11.7. The number of hydrogen-bond donors (Lipinski definition) is 2. The highest BCUT2D eigenvalue weighted by atomic mass is 19.1. The molecule has 0 atom stereocenters. The molecule has 0 heterocycles. The first-order valence-electron chi connectivity index (χ1n) is 6.34. The highest BCUT2D eigenvalue weighted by Crippen LogP contribution is 2.16. The molecule has 0 saturated heterocycles. The zero-order valence-electron chi connectivity index (χ0n) is 11.5. The lowest BCUT2D eigenvalue weighted by Gasteiger charge is -2.04. The number of ketones is 1. The van der Waals surface area contributed by atoms with Crippen molar-refractivity contribution < 1.29 is 27.9 Å². The fourth-order valence-electron chi connectivity index (χ4n) is 1.67. The molecule has 0 radical (unpaired) electrons. The molecule has 0 aliphatic carbocycles. The van der Waals surface area contributed by atoms with Crippen LogP contribution in [0.2, 0.25) is 0 Å². The monoisotopic (exact) mass is 321 g/mol. The third kappa shape index (κ3) is 4.19. The highest BCUT2D eigenvalue weighted by Gasteiger charge is 2.15. The van der Waals surface area contributed by atoms with Gasteiger partial charge in [-0.15, -0.1) is 0 Å². The second-order valence-electron chi connectivity index (χ2n) is 4.48. The van der Waals surface area contributed by atoms with Gasteiger partial charge in [0.25, 0.3) is 5.91 Å². The van der Waals surface area contributed by atoms with Crippen molar-refractivity contribution in [1.82, 2.24) is 0 Å². The minimum Gasteiger partial charge on any atom is -0.507 e. The van der Waals surface area contributed by atoms with Crippen LogP contribution in [-0.4, -0.2) is 16.8 Å². The fourth-order valence-corrected chi connectivity index (χ4v) is 1.67. The second-order valence-corrected chi connectivity index (χ2v) is 4.48. The molecule has 2 rings (SSSR count). The van der Waals surface area contributed by atoms with Gasteiger partial charge in [-0.1, -0.05) is 0 Å². The van der Waals surface area contributed by atoms with Gasteiger partial charge in [-0.3, -0.25) is 9.59 Å². The Bertz CT molecular complexity index is 786. The lowest BCUT2D eigenvalue weighted by atomic mass is 10.1. The average molecular weight is 321 g/mol. The van der Waals surface area contributed by atoms with Gasteiger partial charge in [-0.25, -0.2) is 13.2 Å². The number of benzene rings is 2. The van der Waals surface area contributed by atoms with Crippen molar-refractivity contribution in [3.8, 4) is 0 Å². The molecule has 0 spiro atoms. The number of amides is 1. The van der Waals surface area contributed by atoms with Crippen molar-refractivity contribution in [2.45, 2.75) is 0 Å². The number of aliphatic hydroxyl groups excluding tert-OH is 1. The third-order valence-electron chi connectivity index (χ3n) is 2.81. The molecule has 2 N–H and O–H groups in total. The van der Waals surface area contributed by atoms with Crippen LogP contribution in [0.15, 0.2) is 48.5 Å². The summed E-state index contributed by atoms with van der Waals surface area (Å²) in [7, 11) is 0. The third-order valence-corrected chi connectivity index (χ3v) is 2.81. The predicted molar refractivity (Wildman–Crippen MR) is 77.0 cm³/mol. The Morgan fingerprint density at radius 1 is 0.957 bits per heavy atom. The standard InChI is InChI=1S/C16H10F3NO3/c17-10-3-1-9(2-4-10)14(21)8-15(22)16(23)20-13-6-5-11(18)7-12(13)19/h1-8,21H,(H,20,23)/b14-8-. The van der Waals surface area contributed by atoms with Crippen LogP contribution in [0.1, 0.15) is 5.56 Å². The first-order valence-corrected chi connectivity index (χ1v) is 6.34. The van der Waals surface area contributed by atoms with Crippen LogP contribution in [0, 0.1) is 17.5 Å². The van der Waals surface area contributed by atoms with Gasteiger partial charge in [0.15, 0.2) is 0 Å². The second kappa shape index (κ2) is 6.78. The number of carbonyl (C=O) groups is 2. The summed E-state index contributed by atoms with van der Waals surface area (Å²) in [6, 6.07) is 6.98. The highest BCUT2D eigenvalue weighted by molar-refractivity contribution is 6.45. The van der Waals surface area contributed by atoms with Crippen molar-refractivity contribution in [2.24, 2.45) is 0 Å². The summed E-state index contributed by atoms with van der Waals surface area (Å²) in [4.78, 5) is 23.3. The summed E-state index contributed by atoms with van der Waals surface area (Å²) in [6.45, 7) is 0. The Labute approximate surface area is 128 Å². The molecule has 0 unspecified atom stereocenters. The van der Waals surface area contributed by atoms with Gasteiger partial charge in [-0.2, -0.15) is 0 Å². The molecule has 23 heavy (non-hydrogen) atoms. The fraction of sp³-hybridized carbons (Fsp3) is 0. The number of carbonyl (C=O) groups excluding carboxylic acids is 2. The molecule has 2 aromatic carbocycles. The van der Waals surface area contributed by atoms with Crippen molar-refractivity contribution in [1.29, 1.82) is 0 Å². The molecule has 0 saturated carbocycles. The molecule has 0 aliphatic heterocycles. The van der Waals surface area contributed by atoms with Gasteiger partial charge in [0.2, 0.25) is 5.78 Å². The SMILES string of the molecule is O=C(/C=C(\O)c1ccc(F)cc1)C(=O)Nc1ccc(F)cc1F. The van der Waals surface area contributed by atoms with E-state index in [9.17, 15) is 27.9 Å². The maximum Gasteiger partial charge on any atom is 0.296 e. The van der Waals surface area contributed by atoms with E-state index in [1.807, 2.05) is 5.32 Å². The van der Waals surface area contributed by atoms with E-state index in [-0.39, 0.29) is 11.3 Å². The lowest BCUT2D eigenvalue weighted by Crippen LogP contribution is -2.21. The van der Waals surface area contributed by atoms with E-state index in [4.69, 9.17) is 0 Å². The zero-order valence-corrected chi connectivity index (χ0v) is 11.5. The minimum absolute atomic E-state index is 0.125. The Kier molecular flexibility index (Phi) is 4.80. The number of hydrogen-bond acceptors (Lipinski definition) is 3. The topological polar surface area (TPSA) is 66.4 Å². The first-order chi connectivity index (χ1) is 10.9. The van der Waals surface area contributed by atoms with E-state index in [0.29, 0.717) is 12.1 Å². The maximum absolute atomic E-state index is 13.4.